The average molecular weight is 469 g/mol. The molecular formula is C21H22Cl2N2O4S. The molecule has 0 bridgehead atoms. The summed E-state index contributed by atoms with van der Waals surface area (Å²) in [7, 11) is 0. The maximum Gasteiger partial charge on any atom is 0.317 e. The van der Waals surface area contributed by atoms with Crippen molar-refractivity contribution < 1.29 is 19.4 Å². The fourth-order valence-electron chi connectivity index (χ4n) is 3.02. The standard InChI is InChI=1S/C21H22Cl2N2O4S/c22-18-6-5-17(11-19(18)23)29-16-3-1-15(2-4-16)13-30-14-20(26)25-9-7-24(8-10-25)12-21(27)28/h1-6,11H,7-10,12-14H2,(H,27,28). The van der Waals surface area contributed by atoms with Crippen LogP contribution in [0.1, 0.15) is 5.56 Å². The van der Waals surface area contributed by atoms with Gasteiger partial charge in [-0.15, -0.1) is 11.8 Å². The highest BCUT2D eigenvalue weighted by molar-refractivity contribution is 7.99. The van der Waals surface area contributed by atoms with Crippen molar-refractivity contribution in [3.63, 3.8) is 0 Å². The number of hydrogen-bond donors (Lipinski definition) is 1. The topological polar surface area (TPSA) is 70.1 Å². The monoisotopic (exact) mass is 468 g/mol. The normalized spacial score (nSPS) is 14.5. The Labute approximate surface area is 189 Å². The molecule has 2 aromatic rings. The van der Waals surface area contributed by atoms with Crippen LogP contribution in [0.15, 0.2) is 42.5 Å². The molecule has 9 heteroatoms. The summed E-state index contributed by atoms with van der Waals surface area (Å²) < 4.78 is 5.77. The largest absolute Gasteiger partial charge is 0.480 e. The maximum absolute atomic E-state index is 12.4. The molecule has 1 heterocycles. The van der Waals surface area contributed by atoms with Crippen LogP contribution in [0.3, 0.4) is 0 Å². The van der Waals surface area contributed by atoms with Gasteiger partial charge in [-0.1, -0.05) is 35.3 Å². The first-order valence-corrected chi connectivity index (χ1v) is 11.3. The van der Waals surface area contributed by atoms with E-state index in [9.17, 15) is 9.59 Å². The Hall–Kier alpha value is -1.93. The van der Waals surface area contributed by atoms with E-state index in [1.807, 2.05) is 29.2 Å². The first kappa shape index (κ1) is 22.7. The van der Waals surface area contributed by atoms with Gasteiger partial charge in [-0.05, 0) is 29.8 Å². The Bertz CT molecular complexity index is 887. The number of piperazine rings is 1. The fraction of sp³-hybridized carbons (Fsp3) is 0.333. The van der Waals surface area contributed by atoms with Gasteiger partial charge >= 0.3 is 5.97 Å². The summed E-state index contributed by atoms with van der Waals surface area (Å²) in [5, 5.41) is 9.75. The number of amides is 1. The minimum absolute atomic E-state index is 0.0293. The predicted octanol–water partition coefficient (Wildman–Crippen LogP) is 4.25. The molecule has 0 saturated carbocycles. The first-order chi connectivity index (χ1) is 14.4. The second-order valence-electron chi connectivity index (χ2n) is 6.87. The van der Waals surface area contributed by atoms with E-state index in [0.717, 1.165) is 11.3 Å². The van der Waals surface area contributed by atoms with Gasteiger partial charge in [-0.3, -0.25) is 14.5 Å². The molecule has 0 aliphatic carbocycles. The minimum Gasteiger partial charge on any atom is -0.480 e. The zero-order valence-corrected chi connectivity index (χ0v) is 18.6. The molecule has 0 aromatic heterocycles. The van der Waals surface area contributed by atoms with Gasteiger partial charge in [0.25, 0.3) is 0 Å². The van der Waals surface area contributed by atoms with Crippen LogP contribution in [0.25, 0.3) is 0 Å². The highest BCUT2D eigenvalue weighted by atomic mass is 35.5. The lowest BCUT2D eigenvalue weighted by atomic mass is 10.2. The highest BCUT2D eigenvalue weighted by Crippen LogP contribution is 2.29. The number of aliphatic carboxylic acids is 1. The number of ether oxygens (including phenoxy) is 1. The Morgan fingerprint density at radius 3 is 2.27 bits per heavy atom. The lowest BCUT2D eigenvalue weighted by molar-refractivity contribution is -0.139. The van der Waals surface area contributed by atoms with E-state index in [-0.39, 0.29) is 12.5 Å². The number of carboxylic acid groups (broad SMARTS) is 1. The van der Waals surface area contributed by atoms with Gasteiger partial charge < -0.3 is 14.7 Å². The summed E-state index contributed by atoms with van der Waals surface area (Å²) >= 11 is 13.5. The van der Waals surface area contributed by atoms with Crippen molar-refractivity contribution in [1.29, 1.82) is 0 Å². The Morgan fingerprint density at radius 2 is 1.63 bits per heavy atom. The predicted molar refractivity (Wildman–Crippen MR) is 120 cm³/mol. The van der Waals surface area contributed by atoms with E-state index in [4.69, 9.17) is 33.0 Å². The second kappa shape index (κ2) is 10.9. The molecule has 0 atom stereocenters. The molecule has 0 unspecified atom stereocenters. The Kier molecular flexibility index (Phi) is 8.27. The summed E-state index contributed by atoms with van der Waals surface area (Å²) in [5.74, 6) is 1.68. The number of halogens is 2. The third-order valence-corrected chi connectivity index (χ3v) is 6.36. The lowest BCUT2D eigenvalue weighted by Gasteiger charge is -2.33. The third-order valence-electron chi connectivity index (χ3n) is 4.63. The smallest absolute Gasteiger partial charge is 0.317 e. The van der Waals surface area contributed by atoms with Gasteiger partial charge in [-0.25, -0.2) is 0 Å². The Morgan fingerprint density at radius 1 is 0.967 bits per heavy atom. The molecule has 1 aliphatic heterocycles. The van der Waals surface area contributed by atoms with Gasteiger partial charge in [-0.2, -0.15) is 0 Å². The maximum atomic E-state index is 12.4. The summed E-state index contributed by atoms with van der Waals surface area (Å²) in [4.78, 5) is 26.8. The fourth-order valence-corrected chi connectivity index (χ4v) is 4.20. The molecule has 1 fully saturated rings. The molecule has 0 spiro atoms. The van der Waals surface area contributed by atoms with Crippen LogP contribution in [0.4, 0.5) is 0 Å². The SMILES string of the molecule is O=C(O)CN1CCN(C(=O)CSCc2ccc(Oc3ccc(Cl)c(Cl)c3)cc2)CC1. The van der Waals surface area contributed by atoms with Crippen molar-refractivity contribution in [2.45, 2.75) is 5.75 Å². The summed E-state index contributed by atoms with van der Waals surface area (Å²) in [5.41, 5.74) is 1.10. The van der Waals surface area contributed by atoms with Crippen LogP contribution >= 0.6 is 35.0 Å². The number of rotatable bonds is 8. The van der Waals surface area contributed by atoms with Crippen LogP contribution < -0.4 is 4.74 Å². The molecule has 0 radical (unpaired) electrons. The number of thioether (sulfide) groups is 1. The minimum atomic E-state index is -0.835. The number of carboxylic acids is 1. The summed E-state index contributed by atoms with van der Waals surface area (Å²) in [6.07, 6.45) is 0. The van der Waals surface area contributed by atoms with Crippen LogP contribution in [0, 0.1) is 0 Å². The van der Waals surface area contributed by atoms with Gasteiger partial charge in [0.1, 0.15) is 11.5 Å². The van der Waals surface area contributed by atoms with Gasteiger partial charge in [0, 0.05) is 38.0 Å². The number of nitrogens with zero attached hydrogens (tertiary/aromatic N) is 2. The van der Waals surface area contributed by atoms with E-state index < -0.39 is 5.97 Å². The summed E-state index contributed by atoms with van der Waals surface area (Å²) in [6, 6.07) is 12.8. The molecule has 1 saturated heterocycles. The van der Waals surface area contributed by atoms with Crippen molar-refractivity contribution in [2.75, 3.05) is 38.5 Å². The van der Waals surface area contributed by atoms with E-state index in [1.165, 1.54) is 0 Å². The Balaban J connectivity index is 1.40. The van der Waals surface area contributed by atoms with Crippen LogP contribution in [-0.4, -0.2) is 65.3 Å². The van der Waals surface area contributed by atoms with Gasteiger partial charge in [0.2, 0.25) is 5.91 Å². The lowest BCUT2D eigenvalue weighted by Crippen LogP contribution is -2.50. The number of hydrogen-bond acceptors (Lipinski definition) is 5. The third kappa shape index (κ3) is 6.80. The van der Waals surface area contributed by atoms with E-state index in [2.05, 4.69) is 0 Å². The first-order valence-electron chi connectivity index (χ1n) is 9.42. The van der Waals surface area contributed by atoms with Crippen LogP contribution in [0.5, 0.6) is 11.5 Å². The van der Waals surface area contributed by atoms with Crippen molar-refractivity contribution in [3.8, 4) is 11.5 Å². The van der Waals surface area contributed by atoms with Crippen molar-refractivity contribution in [2.24, 2.45) is 0 Å². The van der Waals surface area contributed by atoms with Crippen LogP contribution in [0.2, 0.25) is 10.0 Å². The molecule has 1 aliphatic rings. The number of benzene rings is 2. The molecule has 30 heavy (non-hydrogen) atoms. The number of carbonyl (C=O) groups excluding carboxylic acids is 1. The van der Waals surface area contributed by atoms with Gasteiger partial charge in [0.15, 0.2) is 0 Å². The van der Waals surface area contributed by atoms with Crippen molar-refractivity contribution in [3.05, 3.63) is 58.1 Å². The quantitative estimate of drug-likeness (QED) is 0.624. The molecule has 2 aromatic carbocycles. The zero-order chi connectivity index (χ0) is 21.5. The summed E-state index contributed by atoms with van der Waals surface area (Å²) in [6.45, 7) is 2.38. The molecule has 160 valence electrons. The molecule has 6 nitrogen and oxygen atoms in total. The average Bonchev–Trinajstić information content (AvgIpc) is 2.72. The van der Waals surface area contributed by atoms with Crippen molar-refractivity contribution >= 4 is 46.8 Å². The molecule has 1 N–H and O–H groups in total. The van der Waals surface area contributed by atoms with E-state index >= 15 is 0 Å². The molecule has 1 amide bonds. The van der Waals surface area contributed by atoms with Crippen LogP contribution in [-0.2, 0) is 15.3 Å². The molecule has 3 rings (SSSR count). The zero-order valence-electron chi connectivity index (χ0n) is 16.2. The van der Waals surface area contributed by atoms with E-state index in [1.54, 1.807) is 34.9 Å². The second-order valence-corrected chi connectivity index (χ2v) is 8.67. The number of carbonyl (C=O) groups is 2. The molecular weight excluding hydrogens is 447 g/mol. The van der Waals surface area contributed by atoms with Crippen molar-refractivity contribution in [1.82, 2.24) is 9.80 Å². The highest BCUT2D eigenvalue weighted by Gasteiger charge is 2.21. The van der Waals surface area contributed by atoms with E-state index in [0.29, 0.717) is 53.5 Å². The van der Waals surface area contributed by atoms with Gasteiger partial charge in [0.05, 0.1) is 22.3 Å².